The fourth-order valence-electron chi connectivity index (χ4n) is 1.58. The summed E-state index contributed by atoms with van der Waals surface area (Å²) in [6.07, 6.45) is -0.0669. The molecule has 1 aliphatic heterocycles. The van der Waals surface area contributed by atoms with Crippen molar-refractivity contribution in [2.75, 3.05) is 31.4 Å². The molecule has 0 radical (unpaired) electrons. The second-order valence-corrected chi connectivity index (χ2v) is 7.81. The van der Waals surface area contributed by atoms with Crippen LogP contribution in [0, 0.1) is 5.41 Å². The molecule has 0 aliphatic carbocycles. The second-order valence-electron chi connectivity index (χ2n) is 4.92. The molecule has 0 spiro atoms. The molecule has 7 heteroatoms. The molecule has 0 aromatic carbocycles. The van der Waals surface area contributed by atoms with Gasteiger partial charge in [0.05, 0.1) is 6.10 Å². The van der Waals surface area contributed by atoms with Gasteiger partial charge < -0.3 is 4.52 Å². The summed E-state index contributed by atoms with van der Waals surface area (Å²) >= 11 is 11.4. The van der Waals surface area contributed by atoms with Gasteiger partial charge in [-0.15, -0.1) is 23.2 Å². The van der Waals surface area contributed by atoms with E-state index in [4.69, 9.17) is 27.7 Å². The maximum absolute atomic E-state index is 12.7. The molecule has 1 heterocycles. The molecule has 0 aromatic heterocycles. The normalized spacial score (nSPS) is 32.9. The Morgan fingerprint density at radius 1 is 1.41 bits per heavy atom. The van der Waals surface area contributed by atoms with Crippen LogP contribution in [0.5, 0.6) is 0 Å². The molecule has 2 atom stereocenters. The monoisotopic (exact) mass is 302 g/mol. The van der Waals surface area contributed by atoms with E-state index in [9.17, 15) is 4.57 Å². The van der Waals surface area contributed by atoms with Crippen LogP contribution >= 0.6 is 30.9 Å². The third-order valence-corrected chi connectivity index (χ3v) is 5.84. The maximum atomic E-state index is 12.7. The summed E-state index contributed by atoms with van der Waals surface area (Å²) in [6.45, 7) is 7.79. The summed E-state index contributed by atoms with van der Waals surface area (Å²) in [7, 11) is -2.98. The molecule has 2 unspecified atom stereocenters. The van der Waals surface area contributed by atoms with Crippen LogP contribution < -0.4 is 5.09 Å². The molecule has 1 aliphatic rings. The summed E-state index contributed by atoms with van der Waals surface area (Å²) in [5, 5.41) is 3.03. The van der Waals surface area contributed by atoms with Crippen LogP contribution in [0.3, 0.4) is 0 Å². The Bertz CT molecular complexity index is 296. The van der Waals surface area contributed by atoms with E-state index in [2.05, 4.69) is 18.9 Å². The number of nitrogens with one attached hydrogen (secondary N) is 1. The zero-order valence-corrected chi connectivity index (χ0v) is 13.0. The summed E-state index contributed by atoms with van der Waals surface area (Å²) < 4.78 is 20.1. The number of alkyl halides is 2. The zero-order chi connectivity index (χ0) is 13.1. The van der Waals surface area contributed by atoms with Crippen molar-refractivity contribution in [3.8, 4) is 0 Å². The first-order valence-corrected chi connectivity index (χ1v) is 8.41. The zero-order valence-electron chi connectivity index (χ0n) is 10.6. The van der Waals surface area contributed by atoms with Crippen molar-refractivity contribution in [2.45, 2.75) is 26.9 Å². The van der Waals surface area contributed by atoms with Gasteiger partial charge in [-0.3, -0.25) is 4.57 Å². The van der Waals surface area contributed by atoms with Gasteiger partial charge in [0.1, 0.15) is 0 Å². The highest BCUT2D eigenvalue weighted by molar-refractivity contribution is 7.54. The predicted molar refractivity (Wildman–Crippen MR) is 73.0 cm³/mol. The smallest absolute Gasteiger partial charge is 0.302 e. The van der Waals surface area contributed by atoms with Crippen LogP contribution in [0.15, 0.2) is 0 Å². The Morgan fingerprint density at radius 3 is 2.35 bits per heavy atom. The molecule has 4 nitrogen and oxygen atoms in total. The van der Waals surface area contributed by atoms with Gasteiger partial charge in [-0.2, -0.15) is 0 Å². The molecule has 1 N–H and O–H groups in total. The van der Waals surface area contributed by atoms with Crippen molar-refractivity contribution >= 4 is 30.9 Å². The molecule has 1 fully saturated rings. The fourth-order valence-corrected chi connectivity index (χ4v) is 4.68. The van der Waals surface area contributed by atoms with Crippen LogP contribution in [-0.2, 0) is 9.09 Å². The van der Waals surface area contributed by atoms with Gasteiger partial charge in [0.25, 0.3) is 0 Å². The molecule has 0 bridgehead atoms. The lowest BCUT2D eigenvalue weighted by Crippen LogP contribution is -2.47. The van der Waals surface area contributed by atoms with Crippen molar-refractivity contribution in [1.82, 2.24) is 9.76 Å². The molecule has 1 saturated heterocycles. The number of hydrogen-bond donors (Lipinski definition) is 1. The average molecular weight is 303 g/mol. The minimum absolute atomic E-state index is 0.0263. The van der Waals surface area contributed by atoms with Crippen molar-refractivity contribution in [3.63, 3.8) is 0 Å². The lowest BCUT2D eigenvalue weighted by atomic mass is 9.88. The van der Waals surface area contributed by atoms with E-state index in [1.807, 2.05) is 6.92 Å². The number of nitrogens with zero attached hydrogens (tertiary/aromatic N) is 1. The Balaban J connectivity index is 2.77. The van der Waals surface area contributed by atoms with Gasteiger partial charge in [0, 0.05) is 36.8 Å². The van der Waals surface area contributed by atoms with Crippen LogP contribution in [0.1, 0.15) is 20.8 Å². The highest BCUT2D eigenvalue weighted by Gasteiger charge is 2.43. The Labute approximate surface area is 114 Å². The Kier molecular flexibility index (Phi) is 5.77. The molecule has 0 saturated carbocycles. The molecule has 102 valence electrons. The molecule has 0 aromatic rings. The molecule has 0 amide bonds. The van der Waals surface area contributed by atoms with E-state index >= 15 is 0 Å². The van der Waals surface area contributed by atoms with Crippen molar-refractivity contribution in [3.05, 3.63) is 0 Å². The summed E-state index contributed by atoms with van der Waals surface area (Å²) in [5.41, 5.74) is -0.0263. The first-order chi connectivity index (χ1) is 7.85. The quantitative estimate of drug-likeness (QED) is 0.626. The van der Waals surface area contributed by atoms with Crippen molar-refractivity contribution < 1.29 is 9.09 Å². The van der Waals surface area contributed by atoms with Gasteiger partial charge in [-0.1, -0.05) is 13.8 Å². The van der Waals surface area contributed by atoms with E-state index in [1.54, 1.807) is 4.67 Å². The van der Waals surface area contributed by atoms with Gasteiger partial charge in [-0.25, -0.2) is 9.76 Å². The summed E-state index contributed by atoms with van der Waals surface area (Å²) in [6, 6.07) is 0. The topological polar surface area (TPSA) is 41.6 Å². The first kappa shape index (κ1) is 15.7. The number of rotatable bonds is 5. The minimum atomic E-state index is -2.98. The van der Waals surface area contributed by atoms with Crippen LogP contribution in [0.4, 0.5) is 0 Å². The largest absolute Gasteiger partial charge is 0.343 e. The number of hydrogen-bond acceptors (Lipinski definition) is 2. The number of halogens is 2. The first-order valence-electron chi connectivity index (χ1n) is 5.76. The van der Waals surface area contributed by atoms with Crippen molar-refractivity contribution in [1.29, 1.82) is 0 Å². The highest BCUT2D eigenvalue weighted by atomic mass is 35.5. The van der Waals surface area contributed by atoms with Crippen molar-refractivity contribution in [2.24, 2.45) is 5.41 Å². The predicted octanol–water partition coefficient (Wildman–Crippen LogP) is 2.91. The molecule has 1 rings (SSSR count). The molecular weight excluding hydrogens is 282 g/mol. The highest BCUT2D eigenvalue weighted by Crippen LogP contribution is 2.53. The SMILES string of the molecule is CC1OP(=O)(N(CCCl)CCCl)NCC1(C)C. The summed E-state index contributed by atoms with van der Waals surface area (Å²) in [4.78, 5) is 0. The third kappa shape index (κ3) is 3.82. The molecular formula is C10H21Cl2N2O2P. The molecule has 17 heavy (non-hydrogen) atoms. The minimum Gasteiger partial charge on any atom is -0.302 e. The van der Waals surface area contributed by atoms with Gasteiger partial charge in [0.2, 0.25) is 0 Å². The van der Waals surface area contributed by atoms with Crippen LogP contribution in [-0.4, -0.2) is 42.2 Å². The third-order valence-electron chi connectivity index (χ3n) is 3.19. The lowest BCUT2D eigenvalue weighted by molar-refractivity contribution is 0.0562. The van der Waals surface area contributed by atoms with Gasteiger partial charge in [-0.05, 0) is 6.92 Å². The van der Waals surface area contributed by atoms with Gasteiger partial charge >= 0.3 is 7.67 Å². The lowest BCUT2D eigenvalue weighted by Gasteiger charge is -2.43. The van der Waals surface area contributed by atoms with E-state index in [1.165, 1.54) is 0 Å². The fraction of sp³-hybridized carbons (Fsp3) is 1.00. The van der Waals surface area contributed by atoms with Crippen LogP contribution in [0.25, 0.3) is 0 Å². The van der Waals surface area contributed by atoms with Crippen LogP contribution in [0.2, 0.25) is 0 Å². The summed E-state index contributed by atoms with van der Waals surface area (Å²) in [5.74, 6) is 0.813. The Hall–Kier alpha value is 0.690. The standard InChI is InChI=1S/C10H21Cl2N2O2P/c1-9-10(2,3)8-13-17(15,16-9)14(6-4-11)7-5-12/h9H,4-8H2,1-3H3,(H,13,15). The maximum Gasteiger partial charge on any atom is 0.343 e. The average Bonchev–Trinajstić information content (AvgIpc) is 2.25. The Morgan fingerprint density at radius 2 is 1.94 bits per heavy atom. The van der Waals surface area contributed by atoms with E-state index in [0.29, 0.717) is 31.4 Å². The van der Waals surface area contributed by atoms with E-state index < -0.39 is 7.67 Å². The van der Waals surface area contributed by atoms with E-state index in [0.717, 1.165) is 0 Å². The van der Waals surface area contributed by atoms with Gasteiger partial charge in [0.15, 0.2) is 0 Å². The van der Waals surface area contributed by atoms with E-state index in [-0.39, 0.29) is 11.5 Å². The second kappa shape index (κ2) is 6.23.